The van der Waals surface area contributed by atoms with Gasteiger partial charge in [-0.2, -0.15) is 0 Å². The van der Waals surface area contributed by atoms with E-state index in [1.807, 2.05) is 12.1 Å². The van der Waals surface area contributed by atoms with E-state index in [0.29, 0.717) is 10.7 Å². The van der Waals surface area contributed by atoms with Crippen molar-refractivity contribution in [1.29, 1.82) is 0 Å². The van der Waals surface area contributed by atoms with E-state index in [2.05, 4.69) is 17.2 Å². The van der Waals surface area contributed by atoms with Crippen LogP contribution in [0.25, 0.3) is 0 Å². The highest BCUT2D eigenvalue weighted by Crippen LogP contribution is 2.30. The van der Waals surface area contributed by atoms with Gasteiger partial charge in [0.15, 0.2) is 0 Å². The van der Waals surface area contributed by atoms with Crippen LogP contribution in [-0.2, 0) is 0 Å². The first-order chi connectivity index (χ1) is 8.16. The summed E-state index contributed by atoms with van der Waals surface area (Å²) in [6.45, 7) is 3.32. The smallest absolute Gasteiger partial charge is 0.124 e. The average molecular weight is 249 g/mol. The van der Waals surface area contributed by atoms with Crippen molar-refractivity contribution in [3.63, 3.8) is 0 Å². The van der Waals surface area contributed by atoms with Crippen LogP contribution >= 0.6 is 12.2 Å². The van der Waals surface area contributed by atoms with Crippen LogP contribution in [0.1, 0.15) is 31.9 Å². The Hall–Kier alpha value is -1.16. The molecule has 2 atom stereocenters. The summed E-state index contributed by atoms with van der Waals surface area (Å²) in [4.78, 5) is 4.56. The molecule has 2 rings (SSSR count). The van der Waals surface area contributed by atoms with Crippen molar-refractivity contribution in [3.05, 3.63) is 24.0 Å². The molecular formula is C13H19N3S. The fourth-order valence-electron chi connectivity index (χ4n) is 2.51. The molecule has 4 heteroatoms. The summed E-state index contributed by atoms with van der Waals surface area (Å²) in [7, 11) is 0. The van der Waals surface area contributed by atoms with Gasteiger partial charge in [-0.1, -0.05) is 25.6 Å². The third kappa shape index (κ3) is 3.16. The highest BCUT2D eigenvalue weighted by atomic mass is 32.1. The molecule has 0 radical (unpaired) electrons. The molecule has 92 valence electrons. The van der Waals surface area contributed by atoms with E-state index in [4.69, 9.17) is 18.0 Å². The lowest BCUT2D eigenvalue weighted by Crippen LogP contribution is -2.18. The largest absolute Gasteiger partial charge is 0.388 e. The Labute approximate surface area is 108 Å². The molecule has 1 aliphatic rings. The molecule has 1 aliphatic carbocycles. The minimum atomic E-state index is 0.355. The molecule has 17 heavy (non-hydrogen) atoms. The van der Waals surface area contributed by atoms with Crippen molar-refractivity contribution in [1.82, 2.24) is 4.98 Å². The van der Waals surface area contributed by atoms with Crippen molar-refractivity contribution in [2.75, 3.05) is 11.9 Å². The molecule has 2 unspecified atom stereocenters. The van der Waals surface area contributed by atoms with Crippen LogP contribution in [0.2, 0.25) is 0 Å². The topological polar surface area (TPSA) is 50.9 Å². The fourth-order valence-corrected chi connectivity index (χ4v) is 2.67. The first-order valence-electron chi connectivity index (χ1n) is 6.15. The van der Waals surface area contributed by atoms with Gasteiger partial charge in [-0.25, -0.2) is 0 Å². The van der Waals surface area contributed by atoms with Crippen LogP contribution in [0.3, 0.4) is 0 Å². The number of nitrogens with one attached hydrogen (secondary N) is 1. The van der Waals surface area contributed by atoms with Crippen LogP contribution < -0.4 is 11.1 Å². The Balaban J connectivity index is 1.97. The van der Waals surface area contributed by atoms with Gasteiger partial charge in [-0.15, -0.1) is 0 Å². The number of pyridine rings is 1. The van der Waals surface area contributed by atoms with Crippen LogP contribution in [0.5, 0.6) is 0 Å². The number of nitrogens with two attached hydrogens (primary N) is 1. The Morgan fingerprint density at radius 3 is 3.06 bits per heavy atom. The number of hydrogen-bond donors (Lipinski definition) is 2. The van der Waals surface area contributed by atoms with Gasteiger partial charge in [0, 0.05) is 12.7 Å². The van der Waals surface area contributed by atoms with Crippen molar-refractivity contribution in [3.8, 4) is 0 Å². The van der Waals surface area contributed by atoms with Crippen LogP contribution in [0.4, 0.5) is 5.69 Å². The van der Waals surface area contributed by atoms with E-state index >= 15 is 0 Å². The van der Waals surface area contributed by atoms with E-state index in [1.165, 1.54) is 19.3 Å². The van der Waals surface area contributed by atoms with Gasteiger partial charge in [-0.05, 0) is 36.8 Å². The lowest BCUT2D eigenvalue weighted by atomic mass is 10.1. The number of anilines is 1. The SMILES string of the molecule is CC1CCC(CNc2cccnc2C(N)=S)C1. The average Bonchev–Trinajstić information content (AvgIpc) is 2.73. The molecule has 1 aromatic rings. The fraction of sp³-hybridized carbons (Fsp3) is 0.538. The molecule has 0 saturated heterocycles. The number of nitrogens with zero attached hydrogens (tertiary/aromatic N) is 1. The van der Waals surface area contributed by atoms with Gasteiger partial charge >= 0.3 is 0 Å². The summed E-state index contributed by atoms with van der Waals surface area (Å²) < 4.78 is 0. The molecule has 0 spiro atoms. The summed E-state index contributed by atoms with van der Waals surface area (Å²) in [6.07, 6.45) is 5.70. The standard InChI is InChI=1S/C13H19N3S/c1-9-4-5-10(7-9)8-16-11-3-2-6-15-12(11)13(14)17/h2-3,6,9-10,16H,4-5,7-8H2,1H3,(H2,14,17). The molecule has 0 amide bonds. The lowest BCUT2D eigenvalue weighted by molar-refractivity contribution is 0.537. The van der Waals surface area contributed by atoms with E-state index < -0.39 is 0 Å². The molecule has 1 saturated carbocycles. The molecule has 1 aromatic heterocycles. The highest BCUT2D eigenvalue weighted by Gasteiger charge is 2.21. The summed E-state index contributed by atoms with van der Waals surface area (Å²) in [5.74, 6) is 1.63. The first-order valence-corrected chi connectivity index (χ1v) is 6.56. The molecule has 0 aliphatic heterocycles. The second-order valence-electron chi connectivity index (χ2n) is 4.93. The van der Waals surface area contributed by atoms with Crippen molar-refractivity contribution < 1.29 is 0 Å². The van der Waals surface area contributed by atoms with Gasteiger partial charge < -0.3 is 11.1 Å². The monoisotopic (exact) mass is 249 g/mol. The molecule has 3 nitrogen and oxygen atoms in total. The van der Waals surface area contributed by atoms with E-state index in [1.54, 1.807) is 6.20 Å². The highest BCUT2D eigenvalue weighted by molar-refractivity contribution is 7.80. The third-order valence-electron chi connectivity index (χ3n) is 3.43. The van der Waals surface area contributed by atoms with E-state index in [9.17, 15) is 0 Å². The maximum absolute atomic E-state index is 5.65. The van der Waals surface area contributed by atoms with Gasteiger partial charge in [0.05, 0.1) is 5.69 Å². The quantitative estimate of drug-likeness (QED) is 0.805. The summed E-state index contributed by atoms with van der Waals surface area (Å²) in [6, 6.07) is 3.89. The number of hydrogen-bond acceptors (Lipinski definition) is 3. The van der Waals surface area contributed by atoms with Crippen LogP contribution in [-0.4, -0.2) is 16.5 Å². The van der Waals surface area contributed by atoms with Crippen molar-refractivity contribution in [2.24, 2.45) is 17.6 Å². The zero-order chi connectivity index (χ0) is 12.3. The predicted octanol–water partition coefficient (Wildman–Crippen LogP) is 2.56. The van der Waals surface area contributed by atoms with Gasteiger partial charge in [0.1, 0.15) is 10.7 Å². The molecule has 3 N–H and O–H groups in total. The summed E-state index contributed by atoms with van der Waals surface area (Å²) >= 11 is 4.99. The van der Waals surface area contributed by atoms with E-state index in [-0.39, 0.29) is 0 Å². The Morgan fingerprint density at radius 2 is 2.41 bits per heavy atom. The summed E-state index contributed by atoms with van der Waals surface area (Å²) in [5.41, 5.74) is 7.31. The van der Waals surface area contributed by atoms with Gasteiger partial charge in [-0.3, -0.25) is 4.98 Å². The number of aromatic nitrogens is 1. The zero-order valence-corrected chi connectivity index (χ0v) is 11.0. The first kappa shape index (κ1) is 12.3. The molecule has 0 bridgehead atoms. The molecule has 0 aromatic carbocycles. The Bertz CT molecular complexity index is 405. The molecular weight excluding hydrogens is 230 g/mol. The number of thiocarbonyl (C=S) groups is 1. The minimum absolute atomic E-state index is 0.355. The van der Waals surface area contributed by atoms with Crippen molar-refractivity contribution >= 4 is 22.9 Å². The second kappa shape index (κ2) is 5.45. The molecule has 1 heterocycles. The van der Waals surface area contributed by atoms with Crippen LogP contribution in [0.15, 0.2) is 18.3 Å². The predicted molar refractivity (Wildman–Crippen MR) is 75.1 cm³/mol. The Morgan fingerprint density at radius 1 is 1.59 bits per heavy atom. The third-order valence-corrected chi connectivity index (χ3v) is 3.62. The second-order valence-corrected chi connectivity index (χ2v) is 5.37. The van der Waals surface area contributed by atoms with Crippen molar-refractivity contribution in [2.45, 2.75) is 26.2 Å². The minimum Gasteiger partial charge on any atom is -0.388 e. The normalized spacial score (nSPS) is 23.6. The zero-order valence-electron chi connectivity index (χ0n) is 10.1. The van der Waals surface area contributed by atoms with E-state index in [0.717, 1.165) is 24.1 Å². The van der Waals surface area contributed by atoms with Crippen LogP contribution in [0, 0.1) is 11.8 Å². The van der Waals surface area contributed by atoms with Gasteiger partial charge in [0.25, 0.3) is 0 Å². The maximum atomic E-state index is 5.65. The Kier molecular flexibility index (Phi) is 3.94. The lowest BCUT2D eigenvalue weighted by Gasteiger charge is -2.14. The maximum Gasteiger partial charge on any atom is 0.124 e. The molecule has 1 fully saturated rings. The summed E-state index contributed by atoms with van der Waals surface area (Å²) in [5, 5.41) is 3.43. The number of rotatable bonds is 4. The van der Waals surface area contributed by atoms with Gasteiger partial charge in [0.2, 0.25) is 0 Å².